The Morgan fingerprint density at radius 3 is 2.41 bits per heavy atom. The lowest BCUT2D eigenvalue weighted by Gasteiger charge is -2.22. The molecule has 2 rings (SSSR count). The molecule has 1 saturated heterocycles. The summed E-state index contributed by atoms with van der Waals surface area (Å²) >= 11 is 0. The van der Waals surface area contributed by atoms with Gasteiger partial charge in [0.15, 0.2) is 0 Å². The Labute approximate surface area is 105 Å². The van der Waals surface area contributed by atoms with Crippen molar-refractivity contribution in [1.82, 2.24) is 4.90 Å². The number of nitrogens with two attached hydrogens (primary N) is 1. The SMILES string of the molecule is Cc1ccc(CC(CN)CN2CCCC2)cc1. The van der Waals surface area contributed by atoms with Crippen LogP contribution in [0.5, 0.6) is 0 Å². The average molecular weight is 232 g/mol. The van der Waals surface area contributed by atoms with E-state index in [4.69, 9.17) is 5.73 Å². The molecule has 1 fully saturated rings. The smallest absolute Gasteiger partial charge is 0.00249 e. The average Bonchev–Trinajstić information content (AvgIpc) is 2.84. The summed E-state index contributed by atoms with van der Waals surface area (Å²) in [5, 5.41) is 0. The maximum Gasteiger partial charge on any atom is 0.00249 e. The molecule has 0 amide bonds. The van der Waals surface area contributed by atoms with Crippen molar-refractivity contribution in [3.8, 4) is 0 Å². The van der Waals surface area contributed by atoms with E-state index in [-0.39, 0.29) is 0 Å². The Morgan fingerprint density at radius 2 is 1.82 bits per heavy atom. The van der Waals surface area contributed by atoms with Gasteiger partial charge in [-0.1, -0.05) is 29.8 Å². The first-order chi connectivity index (χ1) is 8.28. The van der Waals surface area contributed by atoms with Crippen LogP contribution in [-0.2, 0) is 6.42 Å². The number of aryl methyl sites for hydroxylation is 1. The van der Waals surface area contributed by atoms with Crippen molar-refractivity contribution >= 4 is 0 Å². The molecule has 17 heavy (non-hydrogen) atoms. The second kappa shape index (κ2) is 6.18. The van der Waals surface area contributed by atoms with Crippen LogP contribution in [-0.4, -0.2) is 31.1 Å². The van der Waals surface area contributed by atoms with Gasteiger partial charge >= 0.3 is 0 Å². The maximum atomic E-state index is 5.90. The molecule has 1 aliphatic heterocycles. The predicted molar refractivity (Wildman–Crippen MR) is 73.1 cm³/mol. The van der Waals surface area contributed by atoms with Crippen molar-refractivity contribution < 1.29 is 0 Å². The highest BCUT2D eigenvalue weighted by molar-refractivity contribution is 5.21. The van der Waals surface area contributed by atoms with Crippen molar-refractivity contribution in [2.24, 2.45) is 11.7 Å². The number of nitrogens with zero attached hydrogens (tertiary/aromatic N) is 1. The molecule has 2 heteroatoms. The molecule has 1 aliphatic rings. The molecule has 1 unspecified atom stereocenters. The lowest BCUT2D eigenvalue weighted by molar-refractivity contribution is 0.279. The summed E-state index contributed by atoms with van der Waals surface area (Å²) in [6.07, 6.45) is 3.84. The molecule has 0 saturated carbocycles. The van der Waals surface area contributed by atoms with E-state index in [1.54, 1.807) is 0 Å². The third-order valence-electron chi connectivity index (χ3n) is 3.69. The molecule has 1 atom stereocenters. The van der Waals surface area contributed by atoms with Crippen molar-refractivity contribution in [2.75, 3.05) is 26.2 Å². The molecule has 0 radical (unpaired) electrons. The monoisotopic (exact) mass is 232 g/mol. The van der Waals surface area contributed by atoms with Gasteiger partial charge in [0.2, 0.25) is 0 Å². The minimum absolute atomic E-state index is 0.607. The van der Waals surface area contributed by atoms with Gasteiger partial charge in [-0.05, 0) is 57.3 Å². The van der Waals surface area contributed by atoms with Crippen LogP contribution >= 0.6 is 0 Å². The van der Waals surface area contributed by atoms with Gasteiger partial charge in [0.1, 0.15) is 0 Å². The summed E-state index contributed by atoms with van der Waals surface area (Å²) in [4.78, 5) is 2.56. The highest BCUT2D eigenvalue weighted by Gasteiger charge is 2.16. The predicted octanol–water partition coefficient (Wildman–Crippen LogP) is 2.21. The van der Waals surface area contributed by atoms with Crippen LogP contribution in [0.1, 0.15) is 24.0 Å². The molecule has 1 aromatic carbocycles. The summed E-state index contributed by atoms with van der Waals surface area (Å²) < 4.78 is 0. The number of benzene rings is 1. The third kappa shape index (κ3) is 3.83. The Kier molecular flexibility index (Phi) is 4.57. The number of hydrogen-bond acceptors (Lipinski definition) is 2. The molecule has 2 nitrogen and oxygen atoms in total. The summed E-state index contributed by atoms with van der Waals surface area (Å²) in [7, 11) is 0. The fourth-order valence-corrected chi connectivity index (χ4v) is 2.61. The van der Waals surface area contributed by atoms with Crippen LogP contribution in [0.15, 0.2) is 24.3 Å². The molecular weight excluding hydrogens is 208 g/mol. The van der Waals surface area contributed by atoms with E-state index in [2.05, 4.69) is 36.1 Å². The van der Waals surface area contributed by atoms with E-state index in [0.717, 1.165) is 13.0 Å². The molecule has 0 aliphatic carbocycles. The summed E-state index contributed by atoms with van der Waals surface area (Å²) in [6.45, 7) is 6.64. The van der Waals surface area contributed by atoms with Crippen LogP contribution in [0.4, 0.5) is 0 Å². The molecule has 0 spiro atoms. The van der Waals surface area contributed by atoms with Crippen LogP contribution in [0.2, 0.25) is 0 Å². The Balaban J connectivity index is 1.87. The number of likely N-dealkylation sites (tertiary alicyclic amines) is 1. The van der Waals surface area contributed by atoms with Crippen molar-refractivity contribution in [2.45, 2.75) is 26.2 Å². The molecule has 1 heterocycles. The van der Waals surface area contributed by atoms with Gasteiger partial charge in [-0.3, -0.25) is 0 Å². The summed E-state index contributed by atoms with van der Waals surface area (Å²) in [5.41, 5.74) is 8.65. The molecule has 1 aromatic rings. The summed E-state index contributed by atoms with van der Waals surface area (Å²) in [5.74, 6) is 0.607. The lowest BCUT2D eigenvalue weighted by atomic mass is 9.98. The van der Waals surface area contributed by atoms with Gasteiger partial charge < -0.3 is 10.6 Å². The van der Waals surface area contributed by atoms with E-state index in [0.29, 0.717) is 5.92 Å². The fourth-order valence-electron chi connectivity index (χ4n) is 2.61. The molecule has 2 N–H and O–H groups in total. The molecule has 0 bridgehead atoms. The largest absolute Gasteiger partial charge is 0.330 e. The van der Waals surface area contributed by atoms with Crippen LogP contribution in [0.25, 0.3) is 0 Å². The Bertz CT molecular complexity index is 325. The van der Waals surface area contributed by atoms with Crippen molar-refractivity contribution in [3.63, 3.8) is 0 Å². The first-order valence-corrected chi connectivity index (χ1v) is 6.76. The number of hydrogen-bond donors (Lipinski definition) is 1. The van der Waals surface area contributed by atoms with E-state index >= 15 is 0 Å². The highest BCUT2D eigenvalue weighted by Crippen LogP contribution is 2.14. The van der Waals surface area contributed by atoms with Gasteiger partial charge in [0, 0.05) is 6.54 Å². The van der Waals surface area contributed by atoms with E-state index in [1.165, 1.54) is 43.6 Å². The van der Waals surface area contributed by atoms with Gasteiger partial charge in [-0.25, -0.2) is 0 Å². The Hall–Kier alpha value is -0.860. The topological polar surface area (TPSA) is 29.3 Å². The first-order valence-electron chi connectivity index (χ1n) is 6.76. The van der Waals surface area contributed by atoms with Crippen LogP contribution < -0.4 is 5.73 Å². The normalized spacial score (nSPS) is 18.5. The second-order valence-electron chi connectivity index (χ2n) is 5.30. The fraction of sp³-hybridized carbons (Fsp3) is 0.600. The van der Waals surface area contributed by atoms with E-state index < -0.39 is 0 Å². The van der Waals surface area contributed by atoms with Gasteiger partial charge in [-0.15, -0.1) is 0 Å². The quantitative estimate of drug-likeness (QED) is 0.843. The van der Waals surface area contributed by atoms with Crippen molar-refractivity contribution in [3.05, 3.63) is 35.4 Å². The second-order valence-corrected chi connectivity index (χ2v) is 5.30. The van der Waals surface area contributed by atoms with Crippen molar-refractivity contribution in [1.29, 1.82) is 0 Å². The van der Waals surface area contributed by atoms with Crippen LogP contribution in [0, 0.1) is 12.8 Å². The Morgan fingerprint density at radius 1 is 1.18 bits per heavy atom. The first kappa shape index (κ1) is 12.6. The lowest BCUT2D eigenvalue weighted by Crippen LogP contribution is -2.32. The van der Waals surface area contributed by atoms with Gasteiger partial charge in [0.25, 0.3) is 0 Å². The molecule has 94 valence electrons. The minimum atomic E-state index is 0.607. The standard InChI is InChI=1S/C15H24N2/c1-13-4-6-14(7-5-13)10-15(11-16)12-17-8-2-3-9-17/h4-7,15H,2-3,8-12,16H2,1H3. The zero-order valence-electron chi connectivity index (χ0n) is 10.9. The maximum absolute atomic E-state index is 5.90. The zero-order chi connectivity index (χ0) is 12.1. The highest BCUT2D eigenvalue weighted by atomic mass is 15.1. The van der Waals surface area contributed by atoms with E-state index in [1.807, 2.05) is 0 Å². The summed E-state index contributed by atoms with van der Waals surface area (Å²) in [6, 6.07) is 8.86. The molecule has 0 aromatic heterocycles. The zero-order valence-corrected chi connectivity index (χ0v) is 10.9. The molecular formula is C15H24N2. The minimum Gasteiger partial charge on any atom is -0.330 e. The third-order valence-corrected chi connectivity index (χ3v) is 3.69. The van der Waals surface area contributed by atoms with Gasteiger partial charge in [-0.2, -0.15) is 0 Å². The van der Waals surface area contributed by atoms with Gasteiger partial charge in [0.05, 0.1) is 0 Å². The number of rotatable bonds is 5. The van der Waals surface area contributed by atoms with E-state index in [9.17, 15) is 0 Å². The van der Waals surface area contributed by atoms with Crippen LogP contribution in [0.3, 0.4) is 0 Å².